The summed E-state index contributed by atoms with van der Waals surface area (Å²) >= 11 is 0. The Morgan fingerprint density at radius 1 is 1.13 bits per heavy atom. The quantitative estimate of drug-likeness (QED) is 0.304. The summed E-state index contributed by atoms with van der Waals surface area (Å²) in [7, 11) is 0. The number of benzene rings is 3. The molecule has 1 aliphatic rings. The Hall–Kier alpha value is -3.92. The Morgan fingerprint density at radius 2 is 1.90 bits per heavy atom. The van der Waals surface area contributed by atoms with Crippen molar-refractivity contribution in [3.63, 3.8) is 0 Å². The van der Waals surface area contributed by atoms with Gasteiger partial charge in [0.1, 0.15) is 5.75 Å². The lowest BCUT2D eigenvalue weighted by molar-refractivity contribution is -0.160. The van der Waals surface area contributed by atoms with Crippen molar-refractivity contribution in [1.29, 1.82) is 0 Å². The molecule has 39 heavy (non-hydrogen) atoms. The van der Waals surface area contributed by atoms with Crippen LogP contribution in [-0.2, 0) is 16.0 Å². The molecule has 0 amide bonds. The van der Waals surface area contributed by atoms with Crippen LogP contribution in [-0.4, -0.2) is 33.8 Å². The molecule has 5 rings (SSSR count). The zero-order valence-corrected chi connectivity index (χ0v) is 23.3. The molecule has 2 heterocycles. The Balaban J connectivity index is 1.91. The van der Waals surface area contributed by atoms with Crippen LogP contribution in [0.2, 0.25) is 0 Å². The maximum atomic E-state index is 12.8. The summed E-state index contributed by atoms with van der Waals surface area (Å²) in [5.41, 5.74) is 10.6. The van der Waals surface area contributed by atoms with E-state index in [0.717, 1.165) is 56.1 Å². The van der Waals surface area contributed by atoms with Crippen LogP contribution in [0.5, 0.6) is 5.75 Å². The van der Waals surface area contributed by atoms with E-state index < -0.39 is 23.2 Å². The third kappa shape index (κ3) is 5.34. The second-order valence-corrected chi connectivity index (χ2v) is 11.7. The van der Waals surface area contributed by atoms with Crippen molar-refractivity contribution in [2.75, 3.05) is 6.61 Å². The summed E-state index contributed by atoms with van der Waals surface area (Å²) in [4.78, 5) is 17.6. The Bertz CT molecular complexity index is 1670. The van der Waals surface area contributed by atoms with Crippen molar-refractivity contribution in [1.82, 2.24) is 4.98 Å². The van der Waals surface area contributed by atoms with Gasteiger partial charge in [-0.2, -0.15) is 0 Å². The first-order valence-electron chi connectivity index (χ1n) is 13.2. The first-order valence-corrected chi connectivity index (χ1v) is 13.2. The van der Waals surface area contributed by atoms with Crippen molar-refractivity contribution < 1.29 is 19.4 Å². The fourth-order valence-electron chi connectivity index (χ4n) is 5.18. The van der Waals surface area contributed by atoms with Gasteiger partial charge in [-0.3, -0.25) is 4.98 Å². The molecule has 4 aromatic rings. The van der Waals surface area contributed by atoms with Crippen LogP contribution in [0.25, 0.3) is 32.8 Å². The van der Waals surface area contributed by atoms with Gasteiger partial charge in [0, 0.05) is 34.7 Å². The summed E-state index contributed by atoms with van der Waals surface area (Å²) in [6.07, 6.45) is 1.41. The lowest BCUT2D eigenvalue weighted by Gasteiger charge is -2.29. The van der Waals surface area contributed by atoms with Crippen LogP contribution in [0.4, 0.5) is 0 Å². The number of rotatable bonds is 4. The first kappa shape index (κ1) is 26.7. The highest BCUT2D eigenvalue weighted by Gasteiger charge is 2.32. The van der Waals surface area contributed by atoms with Crippen LogP contribution >= 0.6 is 0 Å². The Morgan fingerprint density at radius 3 is 2.59 bits per heavy atom. The number of aryl methyl sites for hydroxylation is 1. The maximum Gasteiger partial charge on any atom is 0.337 e. The fraction of sp³-hybridized carbons (Fsp3) is 0.333. The number of carboxylic acids is 1. The Kier molecular flexibility index (Phi) is 6.62. The third-order valence-electron chi connectivity index (χ3n) is 6.71. The van der Waals surface area contributed by atoms with E-state index in [4.69, 9.17) is 20.2 Å². The SMILES string of the molecule is Cc1cc2ccc(C#CC(C)(C)N)cc2c(-c2ccc3c4c(ccnc24)CCO3)c1C(OC(C)(C)C)C(=O)O. The van der Waals surface area contributed by atoms with Gasteiger partial charge < -0.3 is 20.3 Å². The van der Waals surface area contributed by atoms with E-state index in [1.54, 1.807) is 0 Å². The summed E-state index contributed by atoms with van der Waals surface area (Å²) in [5.74, 6) is 6.04. The predicted molar refractivity (Wildman–Crippen MR) is 155 cm³/mol. The smallest absolute Gasteiger partial charge is 0.337 e. The number of aliphatic carboxylic acids is 1. The molecule has 0 saturated heterocycles. The summed E-state index contributed by atoms with van der Waals surface area (Å²) < 4.78 is 12.2. The zero-order valence-electron chi connectivity index (χ0n) is 23.3. The third-order valence-corrected chi connectivity index (χ3v) is 6.71. The molecule has 3 aromatic carbocycles. The van der Waals surface area contributed by atoms with Crippen LogP contribution in [0.3, 0.4) is 0 Å². The minimum atomic E-state index is -1.19. The van der Waals surface area contributed by atoms with E-state index in [0.29, 0.717) is 12.2 Å². The van der Waals surface area contributed by atoms with Crippen LogP contribution in [0, 0.1) is 18.8 Å². The minimum Gasteiger partial charge on any atom is -0.493 e. The predicted octanol–water partition coefficient (Wildman–Crippen LogP) is 6.33. The average molecular weight is 523 g/mol. The zero-order chi connectivity index (χ0) is 28.1. The van der Waals surface area contributed by atoms with E-state index in [1.807, 2.05) is 90.2 Å². The minimum absolute atomic E-state index is 0.605. The van der Waals surface area contributed by atoms with Gasteiger partial charge in [0.2, 0.25) is 0 Å². The number of nitrogens with zero attached hydrogens (tertiary/aromatic N) is 1. The van der Waals surface area contributed by atoms with E-state index >= 15 is 0 Å². The lowest BCUT2D eigenvalue weighted by Crippen LogP contribution is -2.29. The molecule has 1 aliphatic heterocycles. The maximum absolute atomic E-state index is 12.8. The molecule has 1 unspecified atom stereocenters. The average Bonchev–Trinajstić information content (AvgIpc) is 2.85. The molecular formula is C33H34N2O4. The highest BCUT2D eigenvalue weighted by molar-refractivity contribution is 6.09. The molecular weight excluding hydrogens is 488 g/mol. The van der Waals surface area contributed by atoms with Crippen molar-refractivity contribution in [2.45, 2.75) is 65.2 Å². The van der Waals surface area contributed by atoms with Crippen molar-refractivity contribution >= 4 is 27.6 Å². The summed E-state index contributed by atoms with van der Waals surface area (Å²) in [6, 6.07) is 14.0. The van der Waals surface area contributed by atoms with Crippen molar-refractivity contribution in [3.05, 3.63) is 70.9 Å². The van der Waals surface area contributed by atoms with E-state index in [1.165, 1.54) is 5.56 Å². The van der Waals surface area contributed by atoms with E-state index in [-0.39, 0.29) is 0 Å². The topological polar surface area (TPSA) is 94.7 Å². The number of fused-ring (bicyclic) bond motifs is 1. The van der Waals surface area contributed by atoms with Crippen molar-refractivity contribution in [3.8, 4) is 28.7 Å². The molecule has 0 aliphatic carbocycles. The molecule has 0 fully saturated rings. The number of ether oxygens (including phenoxy) is 2. The molecule has 0 saturated carbocycles. The van der Waals surface area contributed by atoms with Crippen LogP contribution in [0.15, 0.2) is 48.7 Å². The van der Waals surface area contributed by atoms with E-state index in [9.17, 15) is 9.90 Å². The standard InChI is InChI=1S/C33H34N2O4/c1-19-17-22-8-7-20(11-14-33(5,6)34)18-24(22)28(26(19)30(31(36)37)39-32(2,3)4)23-9-10-25-27-21(13-16-38-25)12-15-35-29(23)27/h7-10,12,15,17-18,30H,13,16,34H2,1-6H3,(H,36,37). The molecule has 6 nitrogen and oxygen atoms in total. The molecule has 1 aromatic heterocycles. The molecule has 200 valence electrons. The molecule has 0 bridgehead atoms. The number of nitrogens with two attached hydrogens (primary N) is 1. The fourth-order valence-corrected chi connectivity index (χ4v) is 5.18. The van der Waals surface area contributed by atoms with E-state index in [2.05, 4.69) is 11.8 Å². The van der Waals surface area contributed by atoms with Crippen LogP contribution < -0.4 is 10.5 Å². The second kappa shape index (κ2) is 9.68. The number of aromatic nitrogens is 1. The van der Waals surface area contributed by atoms with Gasteiger partial charge >= 0.3 is 5.97 Å². The molecule has 3 N–H and O–H groups in total. The number of hydrogen-bond acceptors (Lipinski definition) is 5. The molecule has 0 spiro atoms. The number of carboxylic acid groups (broad SMARTS) is 1. The summed E-state index contributed by atoms with van der Waals surface area (Å²) in [5, 5.41) is 13.3. The highest BCUT2D eigenvalue weighted by atomic mass is 16.5. The van der Waals surface area contributed by atoms with Gasteiger partial charge in [-0.25, -0.2) is 4.79 Å². The Labute approximate surface area is 229 Å². The van der Waals surface area contributed by atoms with Gasteiger partial charge in [-0.1, -0.05) is 24.0 Å². The van der Waals surface area contributed by atoms with Gasteiger partial charge in [0.25, 0.3) is 0 Å². The first-order chi connectivity index (χ1) is 18.3. The molecule has 1 atom stereocenters. The van der Waals surface area contributed by atoms with Gasteiger partial charge in [-0.05, 0) is 99.3 Å². The second-order valence-electron chi connectivity index (χ2n) is 11.7. The van der Waals surface area contributed by atoms with Gasteiger partial charge in [0.05, 0.1) is 23.3 Å². The number of hydrogen-bond donors (Lipinski definition) is 2. The van der Waals surface area contributed by atoms with Gasteiger partial charge in [0.15, 0.2) is 6.10 Å². The highest BCUT2D eigenvalue weighted by Crippen LogP contribution is 2.45. The summed E-state index contributed by atoms with van der Waals surface area (Å²) in [6.45, 7) is 11.9. The van der Waals surface area contributed by atoms with Crippen LogP contribution in [0.1, 0.15) is 63.0 Å². The largest absolute Gasteiger partial charge is 0.493 e. The van der Waals surface area contributed by atoms with Crippen molar-refractivity contribution in [2.24, 2.45) is 5.73 Å². The lowest BCUT2D eigenvalue weighted by atomic mass is 9.85. The molecule has 0 radical (unpaired) electrons. The monoisotopic (exact) mass is 522 g/mol. The molecule has 6 heteroatoms. The number of pyridine rings is 1. The normalized spacial score (nSPS) is 14.0. The number of carbonyl (C=O) groups is 1. The van der Waals surface area contributed by atoms with Gasteiger partial charge in [-0.15, -0.1) is 0 Å².